The number of fused-ring (bicyclic) bond motifs is 3. The maximum atomic E-state index is 11.6. The number of hydrogen-bond donors (Lipinski definition) is 3. The third kappa shape index (κ3) is 4.05. The topological polar surface area (TPSA) is 126 Å². The van der Waals surface area contributed by atoms with Crippen LogP contribution in [0, 0.1) is 20.8 Å². The quantitative estimate of drug-likeness (QED) is 0.291. The number of carbonyl (C=O) groups is 1. The van der Waals surface area contributed by atoms with Crippen LogP contribution in [0.3, 0.4) is 0 Å². The number of aryl methyl sites for hydroxylation is 3. The lowest BCUT2D eigenvalue weighted by molar-refractivity contribution is -0.137. The van der Waals surface area contributed by atoms with Gasteiger partial charge in [0, 0.05) is 16.5 Å². The molecule has 0 fully saturated rings. The molecule has 0 saturated carbocycles. The molecule has 9 nitrogen and oxygen atoms in total. The fourth-order valence-corrected chi connectivity index (χ4v) is 4.55. The Morgan fingerprint density at radius 3 is 2.60 bits per heavy atom. The number of hydrogen-bond acceptors (Lipinski definition) is 7. The number of aliphatic carboxylic acids is 1. The molecule has 0 saturated heterocycles. The summed E-state index contributed by atoms with van der Waals surface area (Å²) in [7, 11) is 1.62. The standard InChI is InChI=1S/C26H25N5O4/c1-13-23(14(2)35-31-13)18-10-20-17(11-21(18)34-4)24-25(27-15(3)28-26(24)30-20)29-19(12-22(32)33)16-8-6-5-7-9-16/h5-11,19H,12H2,1-4H3,(H,32,33)(H2,27,28,29,30)/t19-/m1/s1. The summed E-state index contributed by atoms with van der Waals surface area (Å²) in [5, 5.41) is 18.6. The number of ether oxygens (including phenoxy) is 1. The first-order valence-corrected chi connectivity index (χ1v) is 11.2. The number of aromatic amines is 1. The average Bonchev–Trinajstić information content (AvgIpc) is 3.35. The van der Waals surface area contributed by atoms with E-state index in [1.165, 1.54) is 0 Å². The van der Waals surface area contributed by atoms with E-state index in [9.17, 15) is 9.90 Å². The molecule has 0 bridgehead atoms. The van der Waals surface area contributed by atoms with Gasteiger partial charge in [0.05, 0.1) is 36.2 Å². The molecule has 0 radical (unpaired) electrons. The molecule has 3 N–H and O–H groups in total. The molecule has 5 rings (SSSR count). The highest BCUT2D eigenvalue weighted by Gasteiger charge is 2.22. The fraction of sp³-hybridized carbons (Fsp3) is 0.231. The molecule has 1 atom stereocenters. The number of carboxylic acids is 1. The first kappa shape index (κ1) is 22.4. The summed E-state index contributed by atoms with van der Waals surface area (Å²) in [5.74, 6) is 1.57. The number of nitrogens with zero attached hydrogens (tertiary/aromatic N) is 3. The minimum atomic E-state index is -0.905. The number of aromatic nitrogens is 4. The van der Waals surface area contributed by atoms with Crippen LogP contribution in [0.15, 0.2) is 47.0 Å². The molecule has 5 aromatic rings. The summed E-state index contributed by atoms with van der Waals surface area (Å²) in [6.07, 6.45) is -0.101. The lowest BCUT2D eigenvalue weighted by Gasteiger charge is -2.19. The van der Waals surface area contributed by atoms with E-state index >= 15 is 0 Å². The van der Waals surface area contributed by atoms with E-state index in [-0.39, 0.29) is 6.42 Å². The minimum Gasteiger partial charge on any atom is -0.496 e. The van der Waals surface area contributed by atoms with Crippen LogP contribution in [-0.2, 0) is 4.79 Å². The van der Waals surface area contributed by atoms with Crippen LogP contribution in [-0.4, -0.2) is 38.3 Å². The Kier molecular flexibility index (Phi) is 5.60. The van der Waals surface area contributed by atoms with Gasteiger partial charge < -0.3 is 24.7 Å². The fourth-order valence-electron chi connectivity index (χ4n) is 4.55. The average molecular weight is 472 g/mol. The Labute approximate surface area is 201 Å². The van der Waals surface area contributed by atoms with Crippen LogP contribution >= 0.6 is 0 Å². The van der Waals surface area contributed by atoms with Crippen LogP contribution in [0.1, 0.15) is 35.3 Å². The molecule has 9 heteroatoms. The van der Waals surface area contributed by atoms with E-state index in [1.807, 2.05) is 56.3 Å². The molecule has 0 amide bonds. The molecule has 0 unspecified atom stereocenters. The van der Waals surface area contributed by atoms with Crippen molar-refractivity contribution >= 4 is 33.7 Å². The number of rotatable bonds is 7. The zero-order valence-electron chi connectivity index (χ0n) is 19.8. The number of methoxy groups -OCH3 is 1. The lowest BCUT2D eigenvalue weighted by Crippen LogP contribution is -2.16. The SMILES string of the molecule is COc1cc2c(cc1-c1c(C)noc1C)[nH]c1nc(C)nc(N[C@H](CC(=O)O)c3ccccc3)c12. The van der Waals surface area contributed by atoms with Crippen molar-refractivity contribution in [2.75, 3.05) is 12.4 Å². The molecular formula is C26H25N5O4. The van der Waals surface area contributed by atoms with E-state index < -0.39 is 12.0 Å². The van der Waals surface area contributed by atoms with Crippen molar-refractivity contribution in [2.45, 2.75) is 33.2 Å². The Bertz CT molecular complexity index is 1540. The molecular weight excluding hydrogens is 446 g/mol. The van der Waals surface area contributed by atoms with Crippen LogP contribution in [0.2, 0.25) is 0 Å². The second kappa shape index (κ2) is 8.75. The highest BCUT2D eigenvalue weighted by atomic mass is 16.5. The molecule has 2 aromatic carbocycles. The summed E-state index contributed by atoms with van der Waals surface area (Å²) < 4.78 is 11.1. The molecule has 0 aliphatic carbocycles. The van der Waals surface area contributed by atoms with Crippen molar-refractivity contribution in [1.82, 2.24) is 20.1 Å². The summed E-state index contributed by atoms with van der Waals surface area (Å²) in [6.45, 7) is 5.57. The first-order valence-electron chi connectivity index (χ1n) is 11.2. The van der Waals surface area contributed by atoms with Gasteiger partial charge in [-0.3, -0.25) is 4.79 Å². The smallest absolute Gasteiger partial charge is 0.305 e. The van der Waals surface area contributed by atoms with Gasteiger partial charge in [-0.05, 0) is 38.5 Å². The second-order valence-corrected chi connectivity index (χ2v) is 8.47. The molecule has 0 aliphatic heterocycles. The van der Waals surface area contributed by atoms with Gasteiger partial charge in [-0.1, -0.05) is 35.5 Å². The van der Waals surface area contributed by atoms with Gasteiger partial charge in [-0.2, -0.15) is 0 Å². The third-order valence-electron chi connectivity index (χ3n) is 6.08. The Balaban J connectivity index is 1.70. The van der Waals surface area contributed by atoms with Crippen LogP contribution in [0.5, 0.6) is 5.75 Å². The largest absolute Gasteiger partial charge is 0.496 e. The highest BCUT2D eigenvalue weighted by Crippen LogP contribution is 2.41. The van der Waals surface area contributed by atoms with Crippen molar-refractivity contribution in [1.29, 1.82) is 0 Å². The zero-order chi connectivity index (χ0) is 24.7. The van der Waals surface area contributed by atoms with Crippen LogP contribution in [0.4, 0.5) is 5.82 Å². The van der Waals surface area contributed by atoms with E-state index in [4.69, 9.17) is 9.26 Å². The van der Waals surface area contributed by atoms with Crippen LogP contribution in [0.25, 0.3) is 33.1 Å². The molecule has 3 aromatic heterocycles. The molecule has 0 spiro atoms. The third-order valence-corrected chi connectivity index (χ3v) is 6.08. The number of anilines is 1. The predicted octanol–water partition coefficient (Wildman–Crippen LogP) is 5.33. The lowest BCUT2D eigenvalue weighted by atomic mass is 10.0. The van der Waals surface area contributed by atoms with Gasteiger partial charge >= 0.3 is 5.97 Å². The first-order chi connectivity index (χ1) is 16.9. The van der Waals surface area contributed by atoms with E-state index in [1.54, 1.807) is 14.0 Å². The summed E-state index contributed by atoms with van der Waals surface area (Å²) >= 11 is 0. The van der Waals surface area contributed by atoms with Crippen molar-refractivity contribution in [3.8, 4) is 16.9 Å². The second-order valence-electron chi connectivity index (χ2n) is 8.47. The number of carboxylic acid groups (broad SMARTS) is 1. The van der Waals surface area contributed by atoms with E-state index in [0.717, 1.165) is 38.7 Å². The summed E-state index contributed by atoms with van der Waals surface area (Å²) in [6, 6.07) is 12.9. The maximum Gasteiger partial charge on any atom is 0.305 e. The Morgan fingerprint density at radius 2 is 1.94 bits per heavy atom. The van der Waals surface area contributed by atoms with E-state index in [0.29, 0.717) is 28.8 Å². The van der Waals surface area contributed by atoms with Crippen molar-refractivity contribution in [3.05, 3.63) is 65.3 Å². The number of nitrogens with one attached hydrogen (secondary N) is 2. The number of benzene rings is 2. The number of H-pyrrole nitrogens is 1. The van der Waals surface area contributed by atoms with Crippen molar-refractivity contribution in [3.63, 3.8) is 0 Å². The van der Waals surface area contributed by atoms with Crippen LogP contribution < -0.4 is 10.1 Å². The van der Waals surface area contributed by atoms with Gasteiger partial charge in [0.15, 0.2) is 0 Å². The van der Waals surface area contributed by atoms with Gasteiger partial charge in [-0.15, -0.1) is 0 Å². The zero-order valence-corrected chi connectivity index (χ0v) is 19.8. The highest BCUT2D eigenvalue weighted by molar-refractivity contribution is 6.13. The van der Waals surface area contributed by atoms with Gasteiger partial charge in [0.2, 0.25) is 0 Å². The van der Waals surface area contributed by atoms with Gasteiger partial charge in [0.1, 0.15) is 28.8 Å². The van der Waals surface area contributed by atoms with Gasteiger partial charge in [-0.25, -0.2) is 9.97 Å². The molecule has 178 valence electrons. The molecule has 3 heterocycles. The van der Waals surface area contributed by atoms with Crippen molar-refractivity contribution in [2.24, 2.45) is 0 Å². The van der Waals surface area contributed by atoms with E-state index in [2.05, 4.69) is 25.4 Å². The Hall–Kier alpha value is -4.40. The van der Waals surface area contributed by atoms with Crippen molar-refractivity contribution < 1.29 is 19.2 Å². The normalized spacial score (nSPS) is 12.2. The predicted molar refractivity (Wildman–Crippen MR) is 133 cm³/mol. The minimum absolute atomic E-state index is 0.101. The molecule has 0 aliphatic rings. The molecule has 35 heavy (non-hydrogen) atoms. The van der Waals surface area contributed by atoms with Gasteiger partial charge in [0.25, 0.3) is 0 Å². The monoisotopic (exact) mass is 471 g/mol. The Morgan fingerprint density at radius 1 is 1.17 bits per heavy atom. The summed E-state index contributed by atoms with van der Waals surface area (Å²) in [5.41, 5.74) is 4.86. The summed E-state index contributed by atoms with van der Waals surface area (Å²) in [4.78, 5) is 24.3. The maximum absolute atomic E-state index is 11.6.